The number of benzene rings is 1. The third-order valence-electron chi connectivity index (χ3n) is 3.92. The molecular formula is C17H18N2O4. The van der Waals surface area contributed by atoms with Gasteiger partial charge in [0.2, 0.25) is 0 Å². The van der Waals surface area contributed by atoms with Crippen molar-refractivity contribution in [1.82, 2.24) is 10.1 Å². The van der Waals surface area contributed by atoms with Crippen LogP contribution in [0, 0.1) is 6.92 Å². The molecule has 0 saturated heterocycles. The molecule has 23 heavy (non-hydrogen) atoms. The van der Waals surface area contributed by atoms with Gasteiger partial charge in [-0.15, -0.1) is 0 Å². The van der Waals surface area contributed by atoms with E-state index in [1.54, 1.807) is 19.9 Å². The molecule has 0 N–H and O–H groups in total. The Morgan fingerprint density at radius 1 is 1.35 bits per heavy atom. The smallest absolute Gasteiger partial charge is 0.329 e. The predicted molar refractivity (Wildman–Crippen MR) is 81.7 cm³/mol. The molecule has 1 atom stereocenters. The van der Waals surface area contributed by atoms with Crippen LogP contribution in [0.1, 0.15) is 34.3 Å². The van der Waals surface area contributed by atoms with Crippen molar-refractivity contribution in [3.05, 3.63) is 52.9 Å². The largest absolute Gasteiger partial charge is 0.464 e. The van der Waals surface area contributed by atoms with Gasteiger partial charge in [0.05, 0.1) is 6.61 Å². The van der Waals surface area contributed by atoms with Crippen LogP contribution in [0.25, 0.3) is 0 Å². The standard InChI is InChI=1S/C17H18N2O4/c1-3-22-17(21)15-9-12-6-4-5-7-13(12)10-19(15)16(20)14-8-11(2)23-18-14/h4-8,15H,3,9-10H2,1-2H3. The van der Waals surface area contributed by atoms with E-state index >= 15 is 0 Å². The van der Waals surface area contributed by atoms with Gasteiger partial charge in [0.15, 0.2) is 5.69 Å². The zero-order valence-electron chi connectivity index (χ0n) is 13.1. The number of fused-ring (bicyclic) bond motifs is 1. The number of hydrogen-bond donors (Lipinski definition) is 0. The minimum atomic E-state index is -0.644. The van der Waals surface area contributed by atoms with Gasteiger partial charge in [-0.3, -0.25) is 4.79 Å². The summed E-state index contributed by atoms with van der Waals surface area (Å²) < 4.78 is 10.1. The number of hydrogen-bond acceptors (Lipinski definition) is 5. The molecule has 6 nitrogen and oxygen atoms in total. The third-order valence-corrected chi connectivity index (χ3v) is 3.92. The molecule has 120 valence electrons. The zero-order valence-corrected chi connectivity index (χ0v) is 13.1. The van der Waals surface area contributed by atoms with Gasteiger partial charge < -0.3 is 14.2 Å². The summed E-state index contributed by atoms with van der Waals surface area (Å²) in [4.78, 5) is 26.5. The van der Waals surface area contributed by atoms with E-state index < -0.39 is 12.0 Å². The van der Waals surface area contributed by atoms with Crippen LogP contribution in [0.15, 0.2) is 34.9 Å². The molecule has 1 aromatic heterocycles. The van der Waals surface area contributed by atoms with Gasteiger partial charge in [-0.05, 0) is 25.0 Å². The molecule has 0 aliphatic carbocycles. The Labute approximate surface area is 134 Å². The fourth-order valence-electron chi connectivity index (χ4n) is 2.80. The van der Waals surface area contributed by atoms with Gasteiger partial charge in [0.1, 0.15) is 11.8 Å². The number of carbonyl (C=O) groups excluding carboxylic acids is 2. The number of rotatable bonds is 3. The molecule has 0 radical (unpaired) electrons. The van der Waals surface area contributed by atoms with Crippen LogP contribution >= 0.6 is 0 Å². The Hall–Kier alpha value is -2.63. The van der Waals surface area contributed by atoms with Crippen molar-refractivity contribution in [3.8, 4) is 0 Å². The average molecular weight is 314 g/mol. The number of ether oxygens (including phenoxy) is 1. The van der Waals surface area contributed by atoms with Crippen LogP contribution in [0.4, 0.5) is 0 Å². The summed E-state index contributed by atoms with van der Waals surface area (Å²) in [7, 11) is 0. The second-order valence-electron chi connectivity index (χ2n) is 5.50. The first-order chi connectivity index (χ1) is 11.1. The molecule has 1 amide bonds. The van der Waals surface area contributed by atoms with Gasteiger partial charge in [-0.2, -0.15) is 0 Å². The molecule has 3 rings (SSSR count). The van der Waals surface area contributed by atoms with Crippen LogP contribution in [0.3, 0.4) is 0 Å². The molecular weight excluding hydrogens is 296 g/mol. The minimum Gasteiger partial charge on any atom is -0.464 e. The van der Waals surface area contributed by atoms with Crippen LogP contribution < -0.4 is 0 Å². The van der Waals surface area contributed by atoms with Crippen molar-refractivity contribution in [3.63, 3.8) is 0 Å². The van der Waals surface area contributed by atoms with Crippen molar-refractivity contribution in [1.29, 1.82) is 0 Å². The highest BCUT2D eigenvalue weighted by Crippen LogP contribution is 2.25. The molecule has 0 saturated carbocycles. The van der Waals surface area contributed by atoms with Crippen molar-refractivity contribution >= 4 is 11.9 Å². The number of aromatic nitrogens is 1. The lowest BCUT2D eigenvalue weighted by molar-refractivity contribution is -0.149. The normalized spacial score (nSPS) is 16.8. The summed E-state index contributed by atoms with van der Waals surface area (Å²) >= 11 is 0. The van der Waals surface area contributed by atoms with E-state index in [0.29, 0.717) is 18.7 Å². The molecule has 6 heteroatoms. The first-order valence-electron chi connectivity index (χ1n) is 7.58. The highest BCUT2D eigenvalue weighted by atomic mass is 16.5. The maximum Gasteiger partial charge on any atom is 0.329 e. The second kappa shape index (κ2) is 6.24. The second-order valence-corrected chi connectivity index (χ2v) is 5.50. The van der Waals surface area contributed by atoms with E-state index in [4.69, 9.17) is 9.26 Å². The predicted octanol–water partition coefficient (Wildman–Crippen LogP) is 2.11. The molecule has 2 heterocycles. The summed E-state index contributed by atoms with van der Waals surface area (Å²) in [5.41, 5.74) is 2.30. The Morgan fingerprint density at radius 3 is 2.74 bits per heavy atom. The highest BCUT2D eigenvalue weighted by Gasteiger charge is 2.36. The number of carbonyl (C=O) groups is 2. The van der Waals surface area contributed by atoms with Crippen LogP contribution in [-0.2, 0) is 22.5 Å². The Bertz CT molecular complexity index is 738. The summed E-state index contributed by atoms with van der Waals surface area (Å²) in [5.74, 6) is -0.163. The fraction of sp³-hybridized carbons (Fsp3) is 0.353. The quantitative estimate of drug-likeness (QED) is 0.811. The Kier molecular flexibility index (Phi) is 4.14. The first kappa shape index (κ1) is 15.3. The molecule has 1 aromatic carbocycles. The zero-order chi connectivity index (χ0) is 16.4. The molecule has 1 aliphatic rings. The summed E-state index contributed by atoms with van der Waals surface area (Å²) in [6, 6.07) is 8.72. The summed E-state index contributed by atoms with van der Waals surface area (Å²) in [6.07, 6.45) is 0.442. The van der Waals surface area contributed by atoms with Crippen molar-refractivity contribution in [2.24, 2.45) is 0 Å². The van der Waals surface area contributed by atoms with Gasteiger partial charge in [-0.1, -0.05) is 29.4 Å². The minimum absolute atomic E-state index is 0.205. The van der Waals surface area contributed by atoms with E-state index in [9.17, 15) is 9.59 Å². The van der Waals surface area contributed by atoms with Gasteiger partial charge in [0, 0.05) is 19.0 Å². The molecule has 1 aliphatic heterocycles. The first-order valence-corrected chi connectivity index (χ1v) is 7.58. The lowest BCUT2D eigenvalue weighted by atomic mass is 9.93. The van der Waals surface area contributed by atoms with Crippen molar-refractivity contribution < 1.29 is 18.8 Å². The number of nitrogens with zero attached hydrogens (tertiary/aromatic N) is 2. The number of amides is 1. The van der Waals surface area contributed by atoms with Crippen LogP contribution in [0.5, 0.6) is 0 Å². The molecule has 0 fully saturated rings. The van der Waals surface area contributed by atoms with E-state index in [0.717, 1.165) is 11.1 Å². The maximum atomic E-state index is 12.7. The van der Waals surface area contributed by atoms with Gasteiger partial charge in [0.25, 0.3) is 5.91 Å². The monoisotopic (exact) mass is 314 g/mol. The van der Waals surface area contributed by atoms with E-state index in [1.165, 1.54) is 4.90 Å². The van der Waals surface area contributed by atoms with Gasteiger partial charge >= 0.3 is 5.97 Å². The lowest BCUT2D eigenvalue weighted by Gasteiger charge is -2.34. The summed E-state index contributed by atoms with van der Waals surface area (Å²) in [6.45, 7) is 4.10. The number of esters is 1. The Morgan fingerprint density at radius 2 is 2.09 bits per heavy atom. The Balaban J connectivity index is 1.94. The summed E-state index contributed by atoms with van der Waals surface area (Å²) in [5, 5.41) is 3.77. The third kappa shape index (κ3) is 2.97. The van der Waals surface area contributed by atoms with Crippen molar-refractivity contribution in [2.45, 2.75) is 32.9 Å². The SMILES string of the molecule is CCOC(=O)C1Cc2ccccc2CN1C(=O)c1cc(C)on1. The lowest BCUT2D eigenvalue weighted by Crippen LogP contribution is -2.49. The van der Waals surface area contributed by atoms with E-state index in [-0.39, 0.29) is 18.2 Å². The van der Waals surface area contributed by atoms with Crippen LogP contribution in [-0.4, -0.2) is 34.6 Å². The molecule has 1 unspecified atom stereocenters. The number of aryl methyl sites for hydroxylation is 1. The van der Waals surface area contributed by atoms with Crippen LogP contribution in [0.2, 0.25) is 0 Å². The molecule has 0 spiro atoms. The molecule has 0 bridgehead atoms. The van der Waals surface area contributed by atoms with E-state index in [1.807, 2.05) is 24.3 Å². The van der Waals surface area contributed by atoms with E-state index in [2.05, 4.69) is 5.16 Å². The van der Waals surface area contributed by atoms with Gasteiger partial charge in [-0.25, -0.2) is 4.79 Å². The average Bonchev–Trinajstić information content (AvgIpc) is 2.99. The highest BCUT2D eigenvalue weighted by molar-refractivity contribution is 5.95. The maximum absolute atomic E-state index is 12.7. The van der Waals surface area contributed by atoms with Crippen molar-refractivity contribution in [2.75, 3.05) is 6.61 Å². The molecule has 2 aromatic rings. The topological polar surface area (TPSA) is 72.6 Å². The fourth-order valence-corrected chi connectivity index (χ4v) is 2.80.